The van der Waals surface area contributed by atoms with Crippen molar-refractivity contribution in [2.75, 3.05) is 11.4 Å². The van der Waals surface area contributed by atoms with Gasteiger partial charge >= 0.3 is 24.4 Å². The summed E-state index contributed by atoms with van der Waals surface area (Å²) in [7, 11) is 0. The lowest BCUT2D eigenvalue weighted by Crippen LogP contribution is -2.45. The van der Waals surface area contributed by atoms with Gasteiger partial charge in [0.2, 0.25) is 11.7 Å². The standard InChI is InChI=1S/C30H22F6N4O6/c31-29(32,33)20-11-19(12-21(13-20)30(34,35)36)26-38-25(39-46-26)18-6-7-23-17(10-18)8-9-40(23)24(41)14-22(27(42)43)37-28(44)45-15-16-4-2-1-3-5-16/h1-7,10-13,22H,8-9,14-15H2,(H,37,44)(H,42,43). The van der Waals surface area contributed by atoms with Crippen LogP contribution in [0.3, 0.4) is 0 Å². The Morgan fingerprint density at radius 1 is 0.935 bits per heavy atom. The number of halogens is 6. The minimum Gasteiger partial charge on any atom is -0.480 e. The molecule has 46 heavy (non-hydrogen) atoms. The number of hydrogen-bond donors (Lipinski definition) is 2. The van der Waals surface area contributed by atoms with Gasteiger partial charge in [-0.2, -0.15) is 31.3 Å². The molecule has 2 heterocycles. The van der Waals surface area contributed by atoms with Crippen molar-refractivity contribution in [1.29, 1.82) is 0 Å². The Morgan fingerprint density at radius 2 is 1.61 bits per heavy atom. The van der Waals surface area contributed by atoms with E-state index >= 15 is 0 Å². The van der Waals surface area contributed by atoms with Gasteiger partial charge in [0.05, 0.1) is 17.5 Å². The number of carbonyl (C=O) groups is 3. The molecule has 1 aliphatic rings. The van der Waals surface area contributed by atoms with E-state index < -0.39 is 65.4 Å². The number of benzene rings is 3. The van der Waals surface area contributed by atoms with Gasteiger partial charge in [-0.1, -0.05) is 35.5 Å². The molecule has 1 aliphatic heterocycles. The van der Waals surface area contributed by atoms with Gasteiger partial charge in [-0.3, -0.25) is 4.79 Å². The Morgan fingerprint density at radius 3 is 2.24 bits per heavy atom. The minimum absolute atomic E-state index is 0.0132. The van der Waals surface area contributed by atoms with Crippen LogP contribution in [0.2, 0.25) is 0 Å². The third-order valence-electron chi connectivity index (χ3n) is 6.98. The maximum Gasteiger partial charge on any atom is 0.416 e. The highest BCUT2D eigenvalue weighted by molar-refractivity contribution is 5.98. The molecular weight excluding hydrogens is 626 g/mol. The Bertz CT molecular complexity index is 1740. The summed E-state index contributed by atoms with van der Waals surface area (Å²) in [5, 5.41) is 15.5. The third-order valence-corrected chi connectivity index (χ3v) is 6.98. The Kier molecular flexibility index (Phi) is 8.72. The molecule has 0 spiro atoms. The summed E-state index contributed by atoms with van der Waals surface area (Å²) < 4.78 is 89.7. The number of aromatic nitrogens is 2. The van der Waals surface area contributed by atoms with Crippen molar-refractivity contribution >= 4 is 23.7 Å². The fraction of sp³-hybridized carbons (Fsp3) is 0.233. The number of nitrogens with one attached hydrogen (secondary N) is 1. The summed E-state index contributed by atoms with van der Waals surface area (Å²) in [6, 6.07) is 12.6. The second kappa shape index (κ2) is 12.5. The fourth-order valence-corrected chi connectivity index (χ4v) is 4.73. The number of carboxylic acid groups (broad SMARTS) is 1. The van der Waals surface area contributed by atoms with E-state index in [1.165, 1.54) is 17.0 Å². The molecule has 4 aromatic rings. The van der Waals surface area contributed by atoms with Crippen LogP contribution in [0.25, 0.3) is 22.8 Å². The maximum atomic E-state index is 13.3. The first-order chi connectivity index (χ1) is 21.7. The molecule has 3 aromatic carbocycles. The number of carbonyl (C=O) groups excluding carboxylic acids is 2. The summed E-state index contributed by atoms with van der Waals surface area (Å²) in [5.41, 5.74) is -1.63. The van der Waals surface area contributed by atoms with Crippen molar-refractivity contribution in [2.24, 2.45) is 0 Å². The molecule has 1 atom stereocenters. The highest BCUT2D eigenvalue weighted by Gasteiger charge is 2.38. The van der Waals surface area contributed by atoms with Crippen LogP contribution in [0, 0.1) is 0 Å². The molecule has 0 aliphatic carbocycles. The molecule has 10 nitrogen and oxygen atoms in total. The van der Waals surface area contributed by atoms with Crippen LogP contribution in [0.5, 0.6) is 0 Å². The van der Waals surface area contributed by atoms with Crippen molar-refractivity contribution in [1.82, 2.24) is 15.5 Å². The predicted molar refractivity (Wildman–Crippen MR) is 147 cm³/mol. The molecule has 2 amide bonds. The molecule has 1 unspecified atom stereocenters. The summed E-state index contributed by atoms with van der Waals surface area (Å²) in [6.45, 7) is 0.0650. The van der Waals surface area contributed by atoms with Gasteiger partial charge in [0.15, 0.2) is 0 Å². The smallest absolute Gasteiger partial charge is 0.416 e. The highest BCUT2D eigenvalue weighted by Crippen LogP contribution is 2.39. The average Bonchev–Trinajstić information content (AvgIpc) is 3.67. The van der Waals surface area contributed by atoms with Crippen molar-refractivity contribution in [3.63, 3.8) is 0 Å². The number of anilines is 1. The van der Waals surface area contributed by atoms with E-state index in [2.05, 4.69) is 15.5 Å². The van der Waals surface area contributed by atoms with Crippen LogP contribution in [-0.4, -0.2) is 45.8 Å². The normalized spacial score (nSPS) is 13.7. The monoisotopic (exact) mass is 648 g/mol. The van der Waals surface area contributed by atoms with Crippen LogP contribution < -0.4 is 10.2 Å². The summed E-state index contributed by atoms with van der Waals surface area (Å²) in [4.78, 5) is 42.3. The lowest BCUT2D eigenvalue weighted by Gasteiger charge is -2.20. The molecule has 240 valence electrons. The van der Waals surface area contributed by atoms with E-state index in [0.29, 0.717) is 40.9 Å². The number of alkyl carbamates (subject to hydrolysis) is 1. The van der Waals surface area contributed by atoms with E-state index in [1.54, 1.807) is 36.4 Å². The maximum absolute atomic E-state index is 13.3. The van der Waals surface area contributed by atoms with Crippen molar-refractivity contribution in [2.45, 2.75) is 37.8 Å². The molecule has 0 bridgehead atoms. The van der Waals surface area contributed by atoms with E-state index in [-0.39, 0.29) is 25.0 Å². The lowest BCUT2D eigenvalue weighted by molar-refractivity contribution is -0.143. The number of ether oxygens (including phenoxy) is 1. The number of aliphatic carboxylic acids is 1. The molecule has 2 N–H and O–H groups in total. The molecule has 0 fully saturated rings. The van der Waals surface area contributed by atoms with Gasteiger partial charge in [0, 0.05) is 23.4 Å². The second-order valence-corrected chi connectivity index (χ2v) is 10.2. The van der Waals surface area contributed by atoms with Gasteiger partial charge in [-0.15, -0.1) is 0 Å². The number of amides is 2. The first-order valence-corrected chi connectivity index (χ1v) is 13.5. The van der Waals surface area contributed by atoms with E-state index in [4.69, 9.17) is 9.26 Å². The fourth-order valence-electron chi connectivity index (χ4n) is 4.73. The summed E-state index contributed by atoms with van der Waals surface area (Å²) in [5.74, 6) is -2.75. The van der Waals surface area contributed by atoms with Gasteiger partial charge in [-0.05, 0) is 53.9 Å². The van der Waals surface area contributed by atoms with E-state index in [1.807, 2.05) is 0 Å². The van der Waals surface area contributed by atoms with Crippen LogP contribution >= 0.6 is 0 Å². The first kappa shape index (κ1) is 32.0. The minimum atomic E-state index is -5.06. The SMILES string of the molecule is O=C(NC(CC(=O)N1CCc2cc(-c3noc(-c4cc(C(F)(F)F)cc(C(F)(F)F)c4)n3)ccc21)C(=O)O)OCc1ccccc1. The van der Waals surface area contributed by atoms with Crippen molar-refractivity contribution in [3.05, 3.63) is 89.0 Å². The van der Waals surface area contributed by atoms with Gasteiger partial charge in [0.1, 0.15) is 12.6 Å². The van der Waals surface area contributed by atoms with Gasteiger partial charge in [0.25, 0.3) is 5.89 Å². The molecule has 1 aromatic heterocycles. The first-order valence-electron chi connectivity index (χ1n) is 13.5. The molecular formula is C30H22F6N4O6. The number of carboxylic acids is 1. The van der Waals surface area contributed by atoms with Crippen molar-refractivity contribution in [3.8, 4) is 22.8 Å². The zero-order valence-corrected chi connectivity index (χ0v) is 23.4. The Balaban J connectivity index is 1.28. The molecule has 0 saturated heterocycles. The largest absolute Gasteiger partial charge is 0.480 e. The zero-order valence-electron chi connectivity index (χ0n) is 23.4. The van der Waals surface area contributed by atoms with Crippen LogP contribution in [0.15, 0.2) is 71.3 Å². The Hall–Kier alpha value is -5.41. The predicted octanol–water partition coefficient (Wildman–Crippen LogP) is 6.10. The lowest BCUT2D eigenvalue weighted by atomic mass is 10.0. The van der Waals surface area contributed by atoms with E-state index in [9.17, 15) is 45.8 Å². The van der Waals surface area contributed by atoms with Crippen LogP contribution in [-0.2, 0) is 39.7 Å². The third kappa shape index (κ3) is 7.27. The average molecular weight is 649 g/mol. The van der Waals surface area contributed by atoms with Gasteiger partial charge < -0.3 is 24.6 Å². The second-order valence-electron chi connectivity index (χ2n) is 10.2. The molecule has 5 rings (SSSR count). The van der Waals surface area contributed by atoms with Crippen molar-refractivity contribution < 1.29 is 55.1 Å². The number of fused-ring (bicyclic) bond motifs is 1. The molecule has 0 radical (unpaired) electrons. The number of hydrogen-bond acceptors (Lipinski definition) is 7. The van der Waals surface area contributed by atoms with Crippen LogP contribution in [0.4, 0.5) is 36.8 Å². The quantitative estimate of drug-likeness (QED) is 0.219. The summed E-state index contributed by atoms with van der Waals surface area (Å²) in [6.07, 6.45) is -11.4. The molecule has 16 heteroatoms. The highest BCUT2D eigenvalue weighted by atomic mass is 19.4. The number of rotatable bonds is 8. The number of nitrogens with zero attached hydrogens (tertiary/aromatic N) is 3. The van der Waals surface area contributed by atoms with Gasteiger partial charge in [-0.25, -0.2) is 9.59 Å². The number of alkyl halides is 6. The zero-order chi connectivity index (χ0) is 33.2. The van der Waals surface area contributed by atoms with Crippen LogP contribution in [0.1, 0.15) is 28.7 Å². The Labute approximate surface area is 255 Å². The topological polar surface area (TPSA) is 135 Å². The van der Waals surface area contributed by atoms with E-state index in [0.717, 1.165) is 0 Å². The molecule has 0 saturated carbocycles. The summed E-state index contributed by atoms with van der Waals surface area (Å²) >= 11 is 0.